The van der Waals surface area contributed by atoms with Crippen LogP contribution in [0.2, 0.25) is 0 Å². The number of rotatable bonds is 6. The van der Waals surface area contributed by atoms with Gasteiger partial charge in [-0.3, -0.25) is 4.79 Å². The number of amides is 1. The molecule has 0 spiro atoms. The van der Waals surface area contributed by atoms with Crippen LogP contribution in [0.5, 0.6) is 0 Å². The molecule has 2 N–H and O–H groups in total. The summed E-state index contributed by atoms with van der Waals surface area (Å²) in [6.07, 6.45) is 7.52. The Balaban J connectivity index is 1.44. The Morgan fingerprint density at radius 3 is 2.64 bits per heavy atom. The van der Waals surface area contributed by atoms with Crippen molar-refractivity contribution in [2.24, 2.45) is 5.92 Å². The normalized spacial score (nSPS) is 28.9. The Kier molecular flexibility index (Phi) is 5.80. The van der Waals surface area contributed by atoms with Crippen LogP contribution in [0.1, 0.15) is 18.4 Å². The second-order valence-electron chi connectivity index (χ2n) is 7.89. The highest BCUT2D eigenvalue weighted by Gasteiger charge is 2.35. The lowest BCUT2D eigenvalue weighted by atomic mass is 9.84. The fourth-order valence-electron chi connectivity index (χ4n) is 4.35. The van der Waals surface area contributed by atoms with Gasteiger partial charge in [0.25, 0.3) is 5.91 Å². The first-order valence-electron chi connectivity index (χ1n) is 10.1. The molecule has 4 heterocycles. The number of carbonyl (C=O) groups is 1. The SMILES string of the molecule is COCCc1ccc(N2C=C(C(=O)NC3CN4CCC3CC4)C=CC2O)cc1. The summed E-state index contributed by atoms with van der Waals surface area (Å²) < 4.78 is 5.11. The molecule has 0 saturated carbocycles. The van der Waals surface area contributed by atoms with Crippen molar-refractivity contribution in [2.75, 3.05) is 38.3 Å². The van der Waals surface area contributed by atoms with Crippen molar-refractivity contribution in [3.63, 3.8) is 0 Å². The van der Waals surface area contributed by atoms with Crippen LogP contribution in [0.3, 0.4) is 0 Å². The average molecular weight is 383 g/mol. The lowest BCUT2D eigenvalue weighted by Gasteiger charge is -2.45. The van der Waals surface area contributed by atoms with Gasteiger partial charge >= 0.3 is 0 Å². The third-order valence-corrected chi connectivity index (χ3v) is 6.08. The molecule has 4 aliphatic rings. The molecule has 150 valence electrons. The molecule has 1 aromatic rings. The first-order chi connectivity index (χ1) is 13.6. The van der Waals surface area contributed by atoms with Crippen molar-refractivity contribution >= 4 is 11.6 Å². The van der Waals surface area contributed by atoms with Crippen molar-refractivity contribution in [3.8, 4) is 0 Å². The fraction of sp³-hybridized carbons (Fsp3) is 0.500. The van der Waals surface area contributed by atoms with Crippen LogP contribution >= 0.6 is 0 Å². The van der Waals surface area contributed by atoms with Crippen molar-refractivity contribution in [1.29, 1.82) is 0 Å². The third-order valence-electron chi connectivity index (χ3n) is 6.08. The molecule has 2 atom stereocenters. The minimum Gasteiger partial charge on any atom is -0.384 e. The van der Waals surface area contributed by atoms with E-state index < -0.39 is 6.23 Å². The first kappa shape index (κ1) is 19.2. The second kappa shape index (κ2) is 8.47. The number of hydrogen-bond acceptors (Lipinski definition) is 5. The molecule has 28 heavy (non-hydrogen) atoms. The topological polar surface area (TPSA) is 65.0 Å². The number of benzene rings is 1. The van der Waals surface area contributed by atoms with Crippen molar-refractivity contribution in [1.82, 2.24) is 10.2 Å². The van der Waals surface area contributed by atoms with Crippen molar-refractivity contribution in [2.45, 2.75) is 31.5 Å². The standard InChI is InChI=1S/C22H29N3O3/c1-28-13-10-16-2-5-19(6-3-16)25-14-18(4-7-21(25)26)22(27)23-20-15-24-11-8-17(20)9-12-24/h2-7,14,17,20-21,26H,8-13,15H2,1H3,(H,23,27). The van der Waals surface area contributed by atoms with E-state index in [1.54, 1.807) is 30.4 Å². The third kappa shape index (κ3) is 4.14. The van der Waals surface area contributed by atoms with E-state index in [9.17, 15) is 9.90 Å². The van der Waals surface area contributed by atoms with Crippen LogP contribution < -0.4 is 10.2 Å². The molecule has 1 amide bonds. The summed E-state index contributed by atoms with van der Waals surface area (Å²) in [5, 5.41) is 13.6. The van der Waals surface area contributed by atoms with E-state index in [0.29, 0.717) is 18.1 Å². The van der Waals surface area contributed by atoms with Crippen LogP contribution in [-0.2, 0) is 16.0 Å². The van der Waals surface area contributed by atoms with E-state index >= 15 is 0 Å². The summed E-state index contributed by atoms with van der Waals surface area (Å²) in [6.45, 7) is 3.93. The molecule has 3 fully saturated rings. The Labute approximate surface area is 166 Å². The van der Waals surface area contributed by atoms with Gasteiger partial charge in [-0.2, -0.15) is 0 Å². The minimum absolute atomic E-state index is 0.0661. The fourth-order valence-corrected chi connectivity index (χ4v) is 4.35. The zero-order chi connectivity index (χ0) is 19.5. The number of aliphatic hydroxyl groups is 1. The number of anilines is 1. The van der Waals surface area contributed by atoms with Gasteiger partial charge in [0.05, 0.1) is 12.2 Å². The average Bonchev–Trinajstić information content (AvgIpc) is 2.74. The minimum atomic E-state index is -0.779. The first-order valence-corrected chi connectivity index (χ1v) is 10.1. The van der Waals surface area contributed by atoms with E-state index in [1.165, 1.54) is 18.4 Å². The van der Waals surface area contributed by atoms with E-state index in [4.69, 9.17) is 4.74 Å². The Hall–Kier alpha value is -2.15. The van der Waals surface area contributed by atoms with Gasteiger partial charge in [-0.1, -0.05) is 12.1 Å². The molecule has 3 saturated heterocycles. The predicted octanol–water partition coefficient (Wildman–Crippen LogP) is 1.66. The van der Waals surface area contributed by atoms with Crippen molar-refractivity contribution in [3.05, 3.63) is 53.8 Å². The highest BCUT2D eigenvalue weighted by Crippen LogP contribution is 2.28. The lowest BCUT2D eigenvalue weighted by Crippen LogP contribution is -2.57. The maximum Gasteiger partial charge on any atom is 0.253 e. The summed E-state index contributed by atoms with van der Waals surface area (Å²) >= 11 is 0. The Morgan fingerprint density at radius 1 is 1.25 bits per heavy atom. The van der Waals surface area contributed by atoms with Gasteiger partial charge in [0.15, 0.2) is 0 Å². The van der Waals surface area contributed by atoms with Crippen molar-refractivity contribution < 1.29 is 14.6 Å². The van der Waals surface area contributed by atoms with E-state index in [1.807, 2.05) is 24.3 Å². The largest absolute Gasteiger partial charge is 0.384 e. The molecule has 0 aromatic heterocycles. The Morgan fingerprint density at radius 2 is 2.00 bits per heavy atom. The van der Waals surface area contributed by atoms with Gasteiger partial charge in [0.2, 0.25) is 0 Å². The number of methoxy groups -OCH3 is 1. The zero-order valence-corrected chi connectivity index (χ0v) is 16.4. The summed E-state index contributed by atoms with van der Waals surface area (Å²) in [7, 11) is 1.69. The molecular weight excluding hydrogens is 354 g/mol. The summed E-state index contributed by atoms with van der Waals surface area (Å²) in [4.78, 5) is 17.0. The summed E-state index contributed by atoms with van der Waals surface area (Å²) in [5.74, 6) is 0.520. The summed E-state index contributed by atoms with van der Waals surface area (Å²) in [6, 6.07) is 8.21. The van der Waals surface area contributed by atoms with Gasteiger partial charge in [0.1, 0.15) is 6.23 Å². The van der Waals surface area contributed by atoms with Gasteiger partial charge in [-0.05, 0) is 68.1 Å². The molecular formula is C22H29N3O3. The second-order valence-corrected chi connectivity index (χ2v) is 7.89. The van der Waals surface area contributed by atoms with Gasteiger partial charge < -0.3 is 25.0 Å². The number of hydrogen-bond donors (Lipinski definition) is 2. The molecule has 1 aromatic carbocycles. The van der Waals surface area contributed by atoms with Crippen LogP contribution in [-0.4, -0.2) is 61.5 Å². The number of ether oxygens (including phenoxy) is 1. The van der Waals surface area contributed by atoms with Gasteiger partial charge in [-0.15, -0.1) is 0 Å². The maximum atomic E-state index is 12.8. The van der Waals surface area contributed by atoms with Crippen LogP contribution in [0, 0.1) is 5.92 Å². The van der Waals surface area contributed by atoms with E-state index in [2.05, 4.69) is 10.2 Å². The number of carbonyl (C=O) groups excluding carboxylic acids is 1. The number of nitrogens with zero attached hydrogens (tertiary/aromatic N) is 2. The maximum absolute atomic E-state index is 12.8. The molecule has 2 bridgehead atoms. The van der Waals surface area contributed by atoms with Gasteiger partial charge in [0, 0.05) is 31.6 Å². The highest BCUT2D eigenvalue weighted by molar-refractivity contribution is 5.97. The lowest BCUT2D eigenvalue weighted by molar-refractivity contribution is -0.119. The zero-order valence-electron chi connectivity index (χ0n) is 16.4. The number of piperidine rings is 3. The number of nitrogens with one attached hydrogen (secondary N) is 1. The highest BCUT2D eigenvalue weighted by atomic mass is 16.5. The molecule has 0 aliphatic carbocycles. The molecule has 2 unspecified atom stereocenters. The van der Waals surface area contributed by atoms with Gasteiger partial charge in [-0.25, -0.2) is 0 Å². The molecule has 4 aliphatic heterocycles. The van der Waals surface area contributed by atoms with E-state index in [-0.39, 0.29) is 11.9 Å². The molecule has 6 heteroatoms. The smallest absolute Gasteiger partial charge is 0.253 e. The Bertz CT molecular complexity index is 751. The van der Waals surface area contributed by atoms with E-state index in [0.717, 1.165) is 31.7 Å². The van der Waals surface area contributed by atoms with Crippen LogP contribution in [0.25, 0.3) is 0 Å². The molecule has 5 rings (SSSR count). The van der Waals surface area contributed by atoms with Crippen LogP contribution in [0.4, 0.5) is 5.69 Å². The number of fused-ring (bicyclic) bond motifs is 3. The predicted molar refractivity (Wildman–Crippen MR) is 109 cm³/mol. The number of aliphatic hydroxyl groups excluding tert-OH is 1. The molecule has 0 radical (unpaired) electrons. The van der Waals surface area contributed by atoms with Crippen LogP contribution in [0.15, 0.2) is 48.2 Å². The summed E-state index contributed by atoms with van der Waals surface area (Å²) in [5.41, 5.74) is 2.60. The monoisotopic (exact) mass is 383 g/mol. The quantitative estimate of drug-likeness (QED) is 0.782. The molecule has 6 nitrogen and oxygen atoms in total.